The lowest BCUT2D eigenvalue weighted by molar-refractivity contribution is 0.214. The first-order valence-corrected chi connectivity index (χ1v) is 6.81. The summed E-state index contributed by atoms with van der Waals surface area (Å²) >= 11 is 0. The minimum absolute atomic E-state index is 0.0728. The summed E-state index contributed by atoms with van der Waals surface area (Å²) in [5.41, 5.74) is 5.93. The van der Waals surface area contributed by atoms with Crippen molar-refractivity contribution >= 4 is 15.7 Å². The Morgan fingerprint density at radius 1 is 1.50 bits per heavy atom. The first kappa shape index (κ1) is 14.7. The maximum absolute atomic E-state index is 12.2. The molecule has 102 valence electrons. The predicted octanol–water partition coefficient (Wildman–Crippen LogP) is 0.279. The molecule has 1 aromatic rings. The minimum atomic E-state index is -3.66. The normalized spacial score (nSPS) is 13.6. The highest BCUT2D eigenvalue weighted by Crippen LogP contribution is 2.26. The Labute approximate surface area is 107 Å². The third-order valence-electron chi connectivity index (χ3n) is 2.76. The number of sulfonamides is 1. The molecule has 0 aliphatic rings. The van der Waals surface area contributed by atoms with Crippen LogP contribution in [0.3, 0.4) is 0 Å². The molecule has 6 nitrogen and oxygen atoms in total. The van der Waals surface area contributed by atoms with Gasteiger partial charge in [0.2, 0.25) is 10.0 Å². The summed E-state index contributed by atoms with van der Waals surface area (Å²) in [7, 11) is -0.789. The van der Waals surface area contributed by atoms with Crippen LogP contribution in [0.4, 0.5) is 5.69 Å². The zero-order valence-electron chi connectivity index (χ0n) is 10.6. The minimum Gasteiger partial charge on any atom is -0.495 e. The Morgan fingerprint density at radius 2 is 2.11 bits per heavy atom. The molecule has 0 radical (unpaired) electrons. The fourth-order valence-corrected chi connectivity index (χ4v) is 2.78. The highest BCUT2D eigenvalue weighted by molar-refractivity contribution is 7.89. The number of nitrogen functional groups attached to an aromatic ring is 1. The zero-order valence-corrected chi connectivity index (χ0v) is 11.4. The van der Waals surface area contributed by atoms with Gasteiger partial charge in [0.15, 0.2) is 0 Å². The van der Waals surface area contributed by atoms with Gasteiger partial charge in [-0.1, -0.05) is 0 Å². The summed E-state index contributed by atoms with van der Waals surface area (Å²) in [6, 6.07) is 3.76. The smallest absolute Gasteiger partial charge is 0.243 e. The number of aliphatic hydroxyl groups excluding tert-OH is 1. The van der Waals surface area contributed by atoms with E-state index in [1.54, 1.807) is 6.92 Å². The second-order valence-corrected chi connectivity index (χ2v) is 5.95. The Kier molecular flexibility index (Phi) is 4.55. The van der Waals surface area contributed by atoms with Crippen LogP contribution < -0.4 is 10.5 Å². The maximum Gasteiger partial charge on any atom is 0.243 e. The van der Waals surface area contributed by atoms with Crippen LogP contribution in [0, 0.1) is 0 Å². The van der Waals surface area contributed by atoms with Gasteiger partial charge in [-0.3, -0.25) is 0 Å². The third-order valence-corrected chi connectivity index (χ3v) is 4.73. The fraction of sp³-hybridized carbons (Fsp3) is 0.455. The van der Waals surface area contributed by atoms with Crippen molar-refractivity contribution < 1.29 is 18.3 Å². The second kappa shape index (κ2) is 5.55. The van der Waals surface area contributed by atoms with Gasteiger partial charge < -0.3 is 15.6 Å². The molecule has 1 rings (SSSR count). The molecule has 0 aliphatic carbocycles. The largest absolute Gasteiger partial charge is 0.495 e. The molecule has 1 atom stereocenters. The number of nitrogens with zero attached hydrogens (tertiary/aromatic N) is 1. The second-order valence-electron chi connectivity index (χ2n) is 3.96. The van der Waals surface area contributed by atoms with Crippen LogP contribution >= 0.6 is 0 Å². The molecule has 0 amide bonds. The average Bonchev–Trinajstić information content (AvgIpc) is 2.36. The monoisotopic (exact) mass is 274 g/mol. The molecule has 0 heterocycles. The van der Waals surface area contributed by atoms with Crippen LogP contribution in [-0.2, 0) is 10.0 Å². The fourth-order valence-electron chi connectivity index (χ4n) is 1.39. The maximum atomic E-state index is 12.2. The highest BCUT2D eigenvalue weighted by atomic mass is 32.2. The van der Waals surface area contributed by atoms with E-state index in [-0.39, 0.29) is 17.2 Å². The molecular weight excluding hydrogens is 256 g/mol. The Morgan fingerprint density at radius 3 is 2.56 bits per heavy atom. The van der Waals surface area contributed by atoms with E-state index in [9.17, 15) is 8.42 Å². The van der Waals surface area contributed by atoms with E-state index in [4.69, 9.17) is 15.6 Å². The number of ether oxygens (including phenoxy) is 1. The molecule has 0 fully saturated rings. The molecule has 0 spiro atoms. The predicted molar refractivity (Wildman–Crippen MR) is 68.9 cm³/mol. The third kappa shape index (κ3) is 2.74. The van der Waals surface area contributed by atoms with Gasteiger partial charge in [-0.05, 0) is 25.1 Å². The number of benzene rings is 1. The molecule has 0 aliphatic heterocycles. The molecule has 1 unspecified atom stereocenters. The molecular formula is C11H18N2O4S. The summed E-state index contributed by atoms with van der Waals surface area (Å²) in [6.45, 7) is 1.37. The first-order valence-electron chi connectivity index (χ1n) is 5.37. The van der Waals surface area contributed by atoms with E-state index < -0.39 is 16.1 Å². The van der Waals surface area contributed by atoms with E-state index in [0.717, 1.165) is 4.31 Å². The van der Waals surface area contributed by atoms with Crippen molar-refractivity contribution in [1.29, 1.82) is 0 Å². The van der Waals surface area contributed by atoms with Gasteiger partial charge in [-0.15, -0.1) is 0 Å². The van der Waals surface area contributed by atoms with E-state index in [0.29, 0.717) is 5.75 Å². The van der Waals surface area contributed by atoms with Crippen molar-refractivity contribution in [3.05, 3.63) is 18.2 Å². The molecule has 1 aromatic carbocycles. The summed E-state index contributed by atoms with van der Waals surface area (Å²) < 4.78 is 30.5. The van der Waals surface area contributed by atoms with E-state index in [1.165, 1.54) is 32.4 Å². The zero-order chi connectivity index (χ0) is 13.9. The van der Waals surface area contributed by atoms with Crippen molar-refractivity contribution in [3.63, 3.8) is 0 Å². The number of hydrogen-bond acceptors (Lipinski definition) is 5. The highest BCUT2D eigenvalue weighted by Gasteiger charge is 2.25. The van der Waals surface area contributed by atoms with Crippen LogP contribution in [0.1, 0.15) is 6.92 Å². The molecule has 7 heteroatoms. The van der Waals surface area contributed by atoms with E-state index >= 15 is 0 Å². The number of aliphatic hydroxyl groups is 1. The topological polar surface area (TPSA) is 92.9 Å². The summed E-state index contributed by atoms with van der Waals surface area (Å²) in [4.78, 5) is 0.0728. The molecule has 3 N–H and O–H groups in total. The number of likely N-dealkylation sites (N-methyl/N-ethyl adjacent to an activating group) is 1. The molecule has 0 aromatic heterocycles. The van der Waals surface area contributed by atoms with Crippen LogP contribution in [-0.4, -0.2) is 44.6 Å². The SMILES string of the molecule is COc1ccc(S(=O)(=O)N(C)C(C)CO)cc1N. The molecule has 0 saturated carbocycles. The van der Waals surface area contributed by atoms with Crippen LogP contribution in [0.5, 0.6) is 5.75 Å². The van der Waals surface area contributed by atoms with Gasteiger partial charge in [0, 0.05) is 13.1 Å². The van der Waals surface area contributed by atoms with E-state index in [1.807, 2.05) is 0 Å². The van der Waals surface area contributed by atoms with Gasteiger partial charge in [-0.25, -0.2) is 8.42 Å². The quantitative estimate of drug-likeness (QED) is 0.752. The van der Waals surface area contributed by atoms with Crippen molar-refractivity contribution in [3.8, 4) is 5.75 Å². The van der Waals surface area contributed by atoms with Crippen molar-refractivity contribution in [1.82, 2.24) is 4.31 Å². The number of anilines is 1. The lowest BCUT2D eigenvalue weighted by Crippen LogP contribution is -2.37. The summed E-state index contributed by atoms with van der Waals surface area (Å²) in [5.74, 6) is 0.423. The first-order chi connectivity index (χ1) is 8.34. The number of rotatable bonds is 5. The standard InChI is InChI=1S/C11H18N2O4S/c1-8(7-14)13(2)18(15,16)9-4-5-11(17-3)10(12)6-9/h4-6,8,14H,7,12H2,1-3H3. The molecule has 0 saturated heterocycles. The Hall–Kier alpha value is -1.31. The van der Waals surface area contributed by atoms with Gasteiger partial charge in [0.05, 0.1) is 24.3 Å². The summed E-state index contributed by atoms with van der Waals surface area (Å²) in [6.07, 6.45) is 0. The molecule has 18 heavy (non-hydrogen) atoms. The average molecular weight is 274 g/mol. The van der Waals surface area contributed by atoms with Crippen molar-refractivity contribution in [2.75, 3.05) is 26.5 Å². The van der Waals surface area contributed by atoms with Crippen molar-refractivity contribution in [2.24, 2.45) is 0 Å². The Bertz CT molecular complexity index is 516. The van der Waals surface area contributed by atoms with Crippen LogP contribution in [0.25, 0.3) is 0 Å². The van der Waals surface area contributed by atoms with Crippen LogP contribution in [0.2, 0.25) is 0 Å². The van der Waals surface area contributed by atoms with Crippen molar-refractivity contribution in [2.45, 2.75) is 17.9 Å². The number of methoxy groups -OCH3 is 1. The molecule has 0 bridgehead atoms. The van der Waals surface area contributed by atoms with Gasteiger partial charge in [0.1, 0.15) is 5.75 Å². The van der Waals surface area contributed by atoms with E-state index in [2.05, 4.69) is 0 Å². The van der Waals surface area contributed by atoms with Crippen LogP contribution in [0.15, 0.2) is 23.1 Å². The lowest BCUT2D eigenvalue weighted by Gasteiger charge is -2.22. The lowest BCUT2D eigenvalue weighted by atomic mass is 10.3. The Balaban J connectivity index is 3.17. The van der Waals surface area contributed by atoms with Gasteiger partial charge in [-0.2, -0.15) is 4.31 Å². The number of nitrogens with two attached hydrogens (primary N) is 1. The van der Waals surface area contributed by atoms with Gasteiger partial charge >= 0.3 is 0 Å². The van der Waals surface area contributed by atoms with Gasteiger partial charge in [0.25, 0.3) is 0 Å². The summed E-state index contributed by atoms with van der Waals surface area (Å²) in [5, 5.41) is 9.00. The number of hydrogen-bond donors (Lipinski definition) is 2.